The topological polar surface area (TPSA) is 43.6 Å². The highest BCUT2D eigenvalue weighted by Crippen LogP contribution is 2.20. The normalized spacial score (nSPS) is 11.1. The molecule has 0 aromatic carbocycles. The van der Waals surface area contributed by atoms with Crippen molar-refractivity contribution in [1.29, 1.82) is 0 Å². The van der Waals surface area contributed by atoms with Crippen molar-refractivity contribution in [2.24, 2.45) is 0 Å². The maximum atomic E-state index is 6.06. The number of halogens is 1. The maximum Gasteiger partial charge on any atom is 0.161 e. The quantitative estimate of drug-likeness (QED) is 0.787. The second-order valence-electron chi connectivity index (χ2n) is 4.16. The first kappa shape index (κ1) is 12.0. The zero-order chi connectivity index (χ0) is 12.4. The summed E-state index contributed by atoms with van der Waals surface area (Å²) in [6.07, 6.45) is 4.16. The first-order chi connectivity index (χ1) is 8.13. The Morgan fingerprint density at radius 1 is 1.35 bits per heavy atom. The Kier molecular flexibility index (Phi) is 3.43. The van der Waals surface area contributed by atoms with Crippen LogP contribution in [0.2, 0.25) is 5.15 Å². The molecule has 0 atom stereocenters. The third-order valence-electron chi connectivity index (χ3n) is 2.64. The highest BCUT2D eigenvalue weighted by atomic mass is 35.5. The van der Waals surface area contributed by atoms with E-state index in [1.54, 1.807) is 4.68 Å². The molecule has 0 aliphatic heterocycles. The van der Waals surface area contributed by atoms with Crippen LogP contribution in [0.5, 0.6) is 0 Å². The summed E-state index contributed by atoms with van der Waals surface area (Å²) in [6, 6.07) is 2.00. The summed E-state index contributed by atoms with van der Waals surface area (Å²) in [7, 11) is 0. The van der Waals surface area contributed by atoms with Gasteiger partial charge in [-0.05, 0) is 18.4 Å². The van der Waals surface area contributed by atoms with Gasteiger partial charge >= 0.3 is 0 Å². The van der Waals surface area contributed by atoms with Gasteiger partial charge in [0.05, 0.1) is 5.69 Å². The molecule has 0 aliphatic carbocycles. The second kappa shape index (κ2) is 4.84. The first-order valence-corrected chi connectivity index (χ1v) is 6.06. The van der Waals surface area contributed by atoms with Crippen LogP contribution in [0.4, 0.5) is 0 Å². The van der Waals surface area contributed by atoms with Crippen molar-refractivity contribution in [1.82, 2.24) is 19.7 Å². The Hall–Kier alpha value is -1.42. The summed E-state index contributed by atoms with van der Waals surface area (Å²) in [6.45, 7) is 6.25. The van der Waals surface area contributed by atoms with Crippen LogP contribution in [0.3, 0.4) is 0 Å². The van der Waals surface area contributed by atoms with Crippen molar-refractivity contribution < 1.29 is 0 Å². The van der Waals surface area contributed by atoms with E-state index in [1.165, 1.54) is 6.33 Å². The Bertz CT molecular complexity index is 519. The zero-order valence-electron chi connectivity index (χ0n) is 10.2. The molecule has 2 rings (SSSR count). The number of nitrogens with zero attached hydrogens (tertiary/aromatic N) is 4. The molecule has 4 nitrogen and oxygen atoms in total. The molecular weight excluding hydrogens is 236 g/mol. The molecule has 0 spiro atoms. The zero-order valence-corrected chi connectivity index (χ0v) is 10.9. The van der Waals surface area contributed by atoms with Crippen LogP contribution in [-0.2, 0) is 6.42 Å². The molecule has 0 bridgehead atoms. The molecule has 0 saturated carbocycles. The van der Waals surface area contributed by atoms with E-state index in [-0.39, 0.29) is 0 Å². The van der Waals surface area contributed by atoms with E-state index in [0.717, 1.165) is 23.5 Å². The van der Waals surface area contributed by atoms with Gasteiger partial charge in [0.1, 0.15) is 11.5 Å². The van der Waals surface area contributed by atoms with Crippen molar-refractivity contribution in [3.8, 4) is 5.82 Å². The standard InChI is InChI=1S/C12H15ClN4/c1-4-9-11(13)14-7-15-12(9)17-6-5-10(16-17)8(2)3/h5-8H,4H2,1-3H3. The Labute approximate surface area is 106 Å². The SMILES string of the molecule is CCc1c(Cl)ncnc1-n1ccc(C(C)C)n1. The van der Waals surface area contributed by atoms with E-state index >= 15 is 0 Å². The van der Waals surface area contributed by atoms with Crippen molar-refractivity contribution in [3.05, 3.63) is 35.0 Å². The fourth-order valence-corrected chi connectivity index (χ4v) is 1.91. The molecule has 5 heteroatoms. The Morgan fingerprint density at radius 3 is 2.71 bits per heavy atom. The molecule has 0 saturated heterocycles. The second-order valence-corrected chi connectivity index (χ2v) is 4.52. The fraction of sp³-hybridized carbons (Fsp3) is 0.417. The van der Waals surface area contributed by atoms with Crippen LogP contribution in [0.15, 0.2) is 18.6 Å². The van der Waals surface area contributed by atoms with E-state index in [2.05, 4.69) is 28.9 Å². The van der Waals surface area contributed by atoms with Gasteiger partial charge in [-0.25, -0.2) is 14.6 Å². The summed E-state index contributed by atoms with van der Waals surface area (Å²) in [4.78, 5) is 8.25. The summed E-state index contributed by atoms with van der Waals surface area (Å²) in [5, 5.41) is 5.00. The number of hydrogen-bond donors (Lipinski definition) is 0. The van der Waals surface area contributed by atoms with Crippen LogP contribution in [0, 0.1) is 0 Å². The lowest BCUT2D eigenvalue weighted by atomic mass is 10.1. The third-order valence-corrected chi connectivity index (χ3v) is 2.97. The molecule has 2 heterocycles. The van der Waals surface area contributed by atoms with Crippen molar-refractivity contribution in [2.45, 2.75) is 33.1 Å². The predicted molar refractivity (Wildman–Crippen MR) is 67.6 cm³/mol. The van der Waals surface area contributed by atoms with Crippen molar-refractivity contribution >= 4 is 11.6 Å². The van der Waals surface area contributed by atoms with E-state index in [9.17, 15) is 0 Å². The minimum atomic E-state index is 0.402. The lowest BCUT2D eigenvalue weighted by molar-refractivity contribution is 0.748. The average molecular weight is 251 g/mol. The molecule has 2 aromatic rings. The molecule has 0 N–H and O–H groups in total. The molecule has 0 fully saturated rings. The van der Waals surface area contributed by atoms with Gasteiger partial charge in [0, 0.05) is 11.8 Å². The predicted octanol–water partition coefficient (Wildman–Crippen LogP) is 3.00. The molecule has 17 heavy (non-hydrogen) atoms. The van der Waals surface area contributed by atoms with Gasteiger partial charge in [-0.15, -0.1) is 0 Å². The average Bonchev–Trinajstić information content (AvgIpc) is 2.77. The van der Waals surface area contributed by atoms with Crippen LogP contribution < -0.4 is 0 Å². The van der Waals surface area contributed by atoms with Gasteiger partial charge in [-0.3, -0.25) is 0 Å². The molecular formula is C12H15ClN4. The van der Waals surface area contributed by atoms with E-state index in [0.29, 0.717) is 11.1 Å². The molecule has 2 aromatic heterocycles. The fourth-order valence-electron chi connectivity index (χ4n) is 1.65. The van der Waals surface area contributed by atoms with Crippen LogP contribution in [0.1, 0.15) is 37.9 Å². The lowest BCUT2D eigenvalue weighted by Gasteiger charge is -2.07. The molecule has 90 valence electrons. The summed E-state index contributed by atoms with van der Waals surface area (Å²) in [5.41, 5.74) is 1.97. The van der Waals surface area contributed by atoms with Gasteiger partial charge in [0.25, 0.3) is 0 Å². The van der Waals surface area contributed by atoms with E-state index < -0.39 is 0 Å². The van der Waals surface area contributed by atoms with Gasteiger partial charge < -0.3 is 0 Å². The number of rotatable bonds is 3. The monoisotopic (exact) mass is 250 g/mol. The van der Waals surface area contributed by atoms with Gasteiger partial charge in [-0.1, -0.05) is 32.4 Å². The van der Waals surface area contributed by atoms with Gasteiger partial charge in [0.2, 0.25) is 0 Å². The van der Waals surface area contributed by atoms with Crippen LogP contribution in [0.25, 0.3) is 5.82 Å². The summed E-state index contributed by atoms with van der Waals surface area (Å²) in [5.74, 6) is 1.16. The third kappa shape index (κ3) is 2.31. The minimum absolute atomic E-state index is 0.402. The summed E-state index contributed by atoms with van der Waals surface area (Å²) >= 11 is 6.06. The molecule has 0 unspecified atom stereocenters. The number of hydrogen-bond acceptors (Lipinski definition) is 3. The highest BCUT2D eigenvalue weighted by molar-refractivity contribution is 6.30. The van der Waals surface area contributed by atoms with Crippen LogP contribution >= 0.6 is 11.6 Å². The van der Waals surface area contributed by atoms with Gasteiger partial charge in [0.15, 0.2) is 5.82 Å². The summed E-state index contributed by atoms with van der Waals surface area (Å²) < 4.78 is 1.77. The Morgan fingerprint density at radius 2 is 2.12 bits per heavy atom. The molecule has 0 radical (unpaired) electrons. The highest BCUT2D eigenvalue weighted by Gasteiger charge is 2.12. The van der Waals surface area contributed by atoms with Crippen molar-refractivity contribution in [3.63, 3.8) is 0 Å². The van der Waals surface area contributed by atoms with E-state index in [4.69, 9.17) is 11.6 Å². The maximum absolute atomic E-state index is 6.06. The minimum Gasteiger partial charge on any atom is -0.224 e. The molecule has 0 amide bonds. The first-order valence-electron chi connectivity index (χ1n) is 5.68. The van der Waals surface area contributed by atoms with Gasteiger partial charge in [-0.2, -0.15) is 5.10 Å². The largest absolute Gasteiger partial charge is 0.224 e. The smallest absolute Gasteiger partial charge is 0.161 e. The lowest BCUT2D eigenvalue weighted by Crippen LogP contribution is -2.05. The van der Waals surface area contributed by atoms with Crippen molar-refractivity contribution in [2.75, 3.05) is 0 Å². The number of aromatic nitrogens is 4. The molecule has 0 aliphatic rings. The van der Waals surface area contributed by atoms with Crippen LogP contribution in [-0.4, -0.2) is 19.7 Å². The van der Waals surface area contributed by atoms with E-state index in [1.807, 2.05) is 19.2 Å². The Balaban J connectivity index is 2.48.